The Morgan fingerprint density at radius 2 is 2.00 bits per heavy atom. The van der Waals surface area contributed by atoms with E-state index in [0.717, 1.165) is 17.4 Å². The van der Waals surface area contributed by atoms with Gasteiger partial charge >= 0.3 is 0 Å². The number of carbonyl (C=O) groups excluding carboxylic acids is 1. The van der Waals surface area contributed by atoms with Crippen molar-refractivity contribution in [2.75, 3.05) is 0 Å². The fourth-order valence-corrected chi connectivity index (χ4v) is 1.85. The highest BCUT2D eigenvalue weighted by atomic mass is 16.3. The van der Waals surface area contributed by atoms with E-state index in [-0.39, 0.29) is 11.8 Å². The number of carbonyl (C=O) groups is 1. The molecule has 0 spiro atoms. The summed E-state index contributed by atoms with van der Waals surface area (Å²) in [6.07, 6.45) is 1.08. The van der Waals surface area contributed by atoms with E-state index in [1.165, 1.54) is 6.07 Å². The van der Waals surface area contributed by atoms with Gasteiger partial charge in [0.15, 0.2) is 5.43 Å². The van der Waals surface area contributed by atoms with Crippen molar-refractivity contribution in [3.8, 4) is 0 Å². The van der Waals surface area contributed by atoms with Gasteiger partial charge in [-0.1, -0.05) is 6.07 Å². The summed E-state index contributed by atoms with van der Waals surface area (Å²) in [6.45, 7) is 3.62. The summed E-state index contributed by atoms with van der Waals surface area (Å²) in [5.41, 5.74) is 2.20. The lowest BCUT2D eigenvalue weighted by molar-refractivity contribution is -0.107. The predicted molar refractivity (Wildman–Crippen MR) is 61.7 cm³/mol. The van der Waals surface area contributed by atoms with E-state index in [9.17, 15) is 9.59 Å². The Labute approximate surface area is 92.7 Å². The highest BCUT2D eigenvalue weighted by molar-refractivity contribution is 5.82. The summed E-state index contributed by atoms with van der Waals surface area (Å²) in [5, 5.41) is 0.544. The fourth-order valence-electron chi connectivity index (χ4n) is 1.85. The quantitative estimate of drug-likeness (QED) is 0.722. The van der Waals surface area contributed by atoms with Crippen molar-refractivity contribution < 1.29 is 9.21 Å². The van der Waals surface area contributed by atoms with Gasteiger partial charge in [0.05, 0.1) is 5.39 Å². The van der Waals surface area contributed by atoms with Crippen LogP contribution < -0.4 is 5.43 Å². The number of hydrogen-bond donors (Lipinski definition) is 0. The Balaban J connectivity index is 2.89. The minimum atomic E-state index is -0.0606. The van der Waals surface area contributed by atoms with Crippen LogP contribution in [0.4, 0.5) is 0 Å². The Bertz CT molecular complexity index is 608. The molecular weight excluding hydrogens is 204 g/mol. The normalized spacial score (nSPS) is 10.6. The van der Waals surface area contributed by atoms with Crippen LogP contribution in [-0.4, -0.2) is 6.29 Å². The molecule has 0 bridgehead atoms. The van der Waals surface area contributed by atoms with Crippen molar-refractivity contribution in [3.63, 3.8) is 0 Å². The van der Waals surface area contributed by atoms with Crippen LogP contribution in [0, 0.1) is 13.8 Å². The molecule has 0 aliphatic heterocycles. The molecule has 3 nitrogen and oxygen atoms in total. The Morgan fingerprint density at radius 1 is 1.25 bits per heavy atom. The first-order valence-electron chi connectivity index (χ1n) is 5.09. The Morgan fingerprint density at radius 3 is 2.69 bits per heavy atom. The lowest BCUT2D eigenvalue weighted by Crippen LogP contribution is -2.03. The van der Waals surface area contributed by atoms with Crippen LogP contribution in [0.25, 0.3) is 11.0 Å². The molecule has 0 aliphatic rings. The van der Waals surface area contributed by atoms with Gasteiger partial charge in [0.25, 0.3) is 0 Å². The minimum Gasteiger partial charge on any atom is -0.461 e. The van der Waals surface area contributed by atoms with Crippen LogP contribution in [0.15, 0.2) is 27.4 Å². The molecule has 16 heavy (non-hydrogen) atoms. The average molecular weight is 216 g/mol. The topological polar surface area (TPSA) is 47.3 Å². The van der Waals surface area contributed by atoms with Gasteiger partial charge < -0.3 is 9.21 Å². The molecule has 1 heterocycles. The van der Waals surface area contributed by atoms with Crippen molar-refractivity contribution >= 4 is 17.3 Å². The highest BCUT2D eigenvalue weighted by Gasteiger charge is 2.08. The number of aryl methyl sites for hydroxylation is 2. The second-order valence-corrected chi connectivity index (χ2v) is 3.89. The number of benzene rings is 1. The SMILES string of the molecule is Cc1cc(CC=O)c2oc(C)cc(=O)c2c1. The summed E-state index contributed by atoms with van der Waals surface area (Å²) in [7, 11) is 0. The molecule has 0 aliphatic carbocycles. The first-order chi connectivity index (χ1) is 7.61. The molecule has 0 fully saturated rings. The van der Waals surface area contributed by atoms with Gasteiger partial charge in [-0.25, -0.2) is 0 Å². The van der Waals surface area contributed by atoms with Crippen molar-refractivity contribution in [2.24, 2.45) is 0 Å². The van der Waals surface area contributed by atoms with Gasteiger partial charge in [0.1, 0.15) is 17.6 Å². The van der Waals surface area contributed by atoms with Crippen LogP contribution in [0.2, 0.25) is 0 Å². The van der Waals surface area contributed by atoms with Gasteiger partial charge in [0, 0.05) is 18.1 Å². The average Bonchev–Trinajstić information content (AvgIpc) is 2.20. The maximum atomic E-state index is 11.8. The monoisotopic (exact) mass is 216 g/mol. The first kappa shape index (κ1) is 10.6. The van der Waals surface area contributed by atoms with E-state index in [2.05, 4.69) is 0 Å². The molecule has 0 saturated carbocycles. The molecule has 2 aromatic rings. The molecule has 0 N–H and O–H groups in total. The van der Waals surface area contributed by atoms with E-state index >= 15 is 0 Å². The third kappa shape index (κ3) is 1.76. The number of hydrogen-bond acceptors (Lipinski definition) is 3. The van der Waals surface area contributed by atoms with Crippen LogP contribution in [0.5, 0.6) is 0 Å². The van der Waals surface area contributed by atoms with Crippen LogP contribution >= 0.6 is 0 Å². The maximum absolute atomic E-state index is 11.8. The molecule has 3 heteroatoms. The first-order valence-corrected chi connectivity index (χ1v) is 5.09. The minimum absolute atomic E-state index is 0.0606. The molecule has 0 amide bonds. The van der Waals surface area contributed by atoms with Crippen molar-refractivity contribution in [2.45, 2.75) is 20.3 Å². The van der Waals surface area contributed by atoms with Crippen molar-refractivity contribution in [3.05, 3.63) is 45.3 Å². The van der Waals surface area contributed by atoms with E-state index in [4.69, 9.17) is 4.42 Å². The maximum Gasteiger partial charge on any atom is 0.192 e. The third-order valence-electron chi connectivity index (χ3n) is 2.48. The van der Waals surface area contributed by atoms with Crippen LogP contribution in [-0.2, 0) is 11.2 Å². The molecule has 0 radical (unpaired) electrons. The van der Waals surface area contributed by atoms with E-state index in [1.54, 1.807) is 13.0 Å². The van der Waals surface area contributed by atoms with Gasteiger partial charge in [-0.05, 0) is 25.5 Å². The number of rotatable bonds is 2. The molecule has 0 unspecified atom stereocenters. The third-order valence-corrected chi connectivity index (χ3v) is 2.48. The van der Waals surface area contributed by atoms with Crippen LogP contribution in [0.3, 0.4) is 0 Å². The van der Waals surface area contributed by atoms with Crippen molar-refractivity contribution in [1.82, 2.24) is 0 Å². The summed E-state index contributed by atoms with van der Waals surface area (Å²) in [4.78, 5) is 22.3. The standard InChI is InChI=1S/C13H12O3/c1-8-5-10(3-4-14)13-11(6-8)12(15)7-9(2)16-13/h4-7H,3H2,1-2H3. The van der Waals surface area contributed by atoms with E-state index in [0.29, 0.717) is 16.7 Å². The molecule has 1 aromatic heterocycles. The zero-order valence-corrected chi connectivity index (χ0v) is 9.24. The van der Waals surface area contributed by atoms with Gasteiger partial charge in [0.2, 0.25) is 0 Å². The van der Waals surface area contributed by atoms with Gasteiger partial charge in [-0.15, -0.1) is 0 Å². The Kier molecular flexibility index (Phi) is 2.60. The molecule has 0 saturated heterocycles. The zero-order chi connectivity index (χ0) is 11.7. The lowest BCUT2D eigenvalue weighted by Gasteiger charge is -2.05. The molecule has 1 aromatic carbocycles. The van der Waals surface area contributed by atoms with Crippen molar-refractivity contribution in [1.29, 1.82) is 0 Å². The molecule has 82 valence electrons. The van der Waals surface area contributed by atoms with Gasteiger partial charge in [-0.3, -0.25) is 4.79 Å². The van der Waals surface area contributed by atoms with E-state index < -0.39 is 0 Å². The predicted octanol–water partition coefficient (Wildman–Crippen LogP) is 2.15. The summed E-state index contributed by atoms with van der Waals surface area (Å²) in [6, 6.07) is 5.13. The molecular formula is C13H12O3. The van der Waals surface area contributed by atoms with Gasteiger partial charge in [-0.2, -0.15) is 0 Å². The fraction of sp³-hybridized carbons (Fsp3) is 0.231. The summed E-state index contributed by atoms with van der Waals surface area (Å²) < 4.78 is 5.52. The summed E-state index contributed by atoms with van der Waals surface area (Å²) >= 11 is 0. The van der Waals surface area contributed by atoms with E-state index in [1.807, 2.05) is 13.0 Å². The second-order valence-electron chi connectivity index (χ2n) is 3.89. The summed E-state index contributed by atoms with van der Waals surface area (Å²) in [5.74, 6) is 0.563. The van der Waals surface area contributed by atoms with Crippen LogP contribution in [0.1, 0.15) is 16.9 Å². The lowest BCUT2D eigenvalue weighted by atomic mass is 10.0. The number of aldehydes is 1. The Hall–Kier alpha value is -1.90. The molecule has 2 rings (SSSR count). The smallest absolute Gasteiger partial charge is 0.192 e. The second kappa shape index (κ2) is 3.93. The number of fused-ring (bicyclic) bond motifs is 1. The molecule has 0 atom stereocenters. The largest absolute Gasteiger partial charge is 0.461 e. The zero-order valence-electron chi connectivity index (χ0n) is 9.24. The highest BCUT2D eigenvalue weighted by Crippen LogP contribution is 2.19.